The van der Waals surface area contributed by atoms with Crippen molar-refractivity contribution in [3.63, 3.8) is 0 Å². The molecule has 3 unspecified atom stereocenters. The number of hydrogen-bond acceptors (Lipinski definition) is 8. The first-order valence-electron chi connectivity index (χ1n) is 18.1. The standard InChI is InChI=1S/C36H56Cl2N8O6/c1-20(2)29(42-31(48)21(3)44-37)35(52)46-18-17-24(19-46)39-28(47)16-15-27(33(50)40-26-14-10-12-23-11-8-9-13-25(23)26)41-34(51)30(36(5,6)7)43-32(49)22(4)45-38/h8-9,11,13,20-22,24,26-27,29-30,44-45H,10,12,14-19H2,1-7H3,(H,39,47)(H,40,50)(H,41,51)(H,42,48)(H,43,49)/t21-,22+,24-,26?,27+,29?,30?/m0/s1. The quantitative estimate of drug-likeness (QED) is 0.125. The smallest absolute Gasteiger partial charge is 0.245 e. The minimum atomic E-state index is -1.08. The second kappa shape index (κ2) is 19.6. The molecule has 1 aliphatic heterocycles. The third-order valence-corrected chi connectivity index (χ3v) is 10.3. The van der Waals surface area contributed by atoms with Crippen LogP contribution < -0.4 is 36.3 Å². The van der Waals surface area contributed by atoms with Gasteiger partial charge >= 0.3 is 0 Å². The van der Waals surface area contributed by atoms with Crippen molar-refractivity contribution in [2.24, 2.45) is 11.3 Å². The number of halogens is 2. The molecular formula is C36H56Cl2N8O6. The van der Waals surface area contributed by atoms with Gasteiger partial charge in [0.05, 0.1) is 18.1 Å². The second-order valence-corrected chi connectivity index (χ2v) is 15.7. The summed E-state index contributed by atoms with van der Waals surface area (Å²) < 4.78 is 0. The van der Waals surface area contributed by atoms with Crippen molar-refractivity contribution in [1.29, 1.82) is 0 Å². The van der Waals surface area contributed by atoms with Crippen LogP contribution in [-0.2, 0) is 35.2 Å². The number of amides is 6. The van der Waals surface area contributed by atoms with Crippen molar-refractivity contribution >= 4 is 59.0 Å². The molecule has 0 aromatic heterocycles. The highest BCUT2D eigenvalue weighted by atomic mass is 35.5. The third-order valence-electron chi connectivity index (χ3n) is 9.60. The summed E-state index contributed by atoms with van der Waals surface area (Å²) in [5.74, 6) is -2.66. The Bertz CT molecular complexity index is 1440. The van der Waals surface area contributed by atoms with E-state index in [1.54, 1.807) is 39.5 Å². The number of likely N-dealkylation sites (tertiary alicyclic amines) is 1. The molecular weight excluding hydrogens is 711 g/mol. The average Bonchev–Trinajstić information content (AvgIpc) is 3.57. The topological polar surface area (TPSA) is 190 Å². The molecule has 1 aliphatic carbocycles. The van der Waals surface area contributed by atoms with Crippen LogP contribution >= 0.6 is 23.6 Å². The summed E-state index contributed by atoms with van der Waals surface area (Å²) in [4.78, 5) is 85.7. The predicted molar refractivity (Wildman–Crippen MR) is 200 cm³/mol. The van der Waals surface area contributed by atoms with Gasteiger partial charge in [0, 0.05) is 25.6 Å². The molecule has 1 aromatic carbocycles. The lowest BCUT2D eigenvalue weighted by Crippen LogP contribution is -2.59. The van der Waals surface area contributed by atoms with Crippen LogP contribution in [0.2, 0.25) is 0 Å². The van der Waals surface area contributed by atoms with E-state index in [2.05, 4.69) is 36.3 Å². The van der Waals surface area contributed by atoms with E-state index in [4.69, 9.17) is 23.6 Å². The minimum Gasteiger partial charge on any atom is -0.352 e. The normalized spacial score (nSPS) is 20.1. The zero-order chi connectivity index (χ0) is 38.7. The molecule has 52 heavy (non-hydrogen) atoms. The van der Waals surface area contributed by atoms with Crippen LogP contribution in [0.5, 0.6) is 0 Å². The van der Waals surface area contributed by atoms with Gasteiger partial charge in [-0.25, -0.2) is 9.67 Å². The number of nitrogens with zero attached hydrogens (tertiary/aromatic N) is 1. The van der Waals surface area contributed by atoms with Gasteiger partial charge in [-0.3, -0.25) is 28.8 Å². The lowest BCUT2D eigenvalue weighted by molar-refractivity contribution is -0.137. The van der Waals surface area contributed by atoms with E-state index in [1.165, 1.54) is 0 Å². The van der Waals surface area contributed by atoms with Gasteiger partial charge < -0.3 is 31.5 Å². The number of carbonyl (C=O) groups excluding carboxylic acids is 6. The molecule has 0 saturated carbocycles. The predicted octanol–water partition coefficient (Wildman–Crippen LogP) is 2.10. The lowest BCUT2D eigenvalue weighted by Gasteiger charge is -2.33. The number of rotatable bonds is 16. The average molecular weight is 768 g/mol. The molecule has 1 heterocycles. The summed E-state index contributed by atoms with van der Waals surface area (Å²) in [7, 11) is 0. The molecule has 0 spiro atoms. The van der Waals surface area contributed by atoms with E-state index in [0.29, 0.717) is 13.0 Å². The Morgan fingerprint density at radius 1 is 0.827 bits per heavy atom. The van der Waals surface area contributed by atoms with Gasteiger partial charge in [0.15, 0.2) is 0 Å². The van der Waals surface area contributed by atoms with Crippen LogP contribution in [0.25, 0.3) is 0 Å². The summed E-state index contributed by atoms with van der Waals surface area (Å²) in [5, 5.41) is 14.4. The molecule has 1 saturated heterocycles. The zero-order valence-corrected chi connectivity index (χ0v) is 32.7. The summed E-state index contributed by atoms with van der Waals surface area (Å²) in [5.41, 5.74) is 1.45. The molecule has 7 atom stereocenters. The summed E-state index contributed by atoms with van der Waals surface area (Å²) in [6.45, 7) is 12.9. The number of benzene rings is 1. The fraction of sp³-hybridized carbons (Fsp3) is 0.667. The van der Waals surface area contributed by atoms with Gasteiger partial charge in [-0.15, -0.1) is 0 Å². The molecule has 3 rings (SSSR count). The molecule has 7 N–H and O–H groups in total. The Kier molecular flexibility index (Phi) is 16.2. The highest BCUT2D eigenvalue weighted by Gasteiger charge is 2.38. The monoisotopic (exact) mass is 766 g/mol. The van der Waals surface area contributed by atoms with Crippen LogP contribution in [-0.4, -0.2) is 89.7 Å². The first-order valence-corrected chi connectivity index (χ1v) is 18.8. The van der Waals surface area contributed by atoms with E-state index in [-0.39, 0.29) is 49.2 Å². The number of aryl methyl sites for hydroxylation is 1. The zero-order valence-electron chi connectivity index (χ0n) is 31.2. The van der Waals surface area contributed by atoms with Crippen LogP contribution in [0.3, 0.4) is 0 Å². The van der Waals surface area contributed by atoms with Crippen molar-refractivity contribution in [1.82, 2.24) is 41.2 Å². The molecule has 0 bridgehead atoms. The van der Waals surface area contributed by atoms with E-state index >= 15 is 0 Å². The van der Waals surface area contributed by atoms with E-state index in [1.807, 2.05) is 38.1 Å². The molecule has 1 fully saturated rings. The van der Waals surface area contributed by atoms with E-state index < -0.39 is 59.3 Å². The number of fused-ring (bicyclic) bond motifs is 1. The van der Waals surface area contributed by atoms with E-state index in [9.17, 15) is 28.8 Å². The molecule has 0 radical (unpaired) electrons. The molecule has 16 heteroatoms. The van der Waals surface area contributed by atoms with Gasteiger partial charge in [-0.05, 0) is 92.0 Å². The van der Waals surface area contributed by atoms with Gasteiger partial charge in [0.1, 0.15) is 18.1 Å². The third kappa shape index (κ3) is 12.0. The van der Waals surface area contributed by atoms with Crippen LogP contribution in [0, 0.1) is 11.3 Å². The summed E-state index contributed by atoms with van der Waals surface area (Å²) >= 11 is 11.2. The SMILES string of the molecule is CC(C)C(NC(=O)[C@H](C)NCl)C(=O)N1CC[C@H](NC(=O)CC[C@@H](NC(=O)C(NC(=O)[C@@H](C)NCl)C(C)(C)C)C(=O)NC2CCCc3ccccc32)C1. The summed E-state index contributed by atoms with van der Waals surface area (Å²) in [6, 6.07) is 3.02. The Labute approximate surface area is 317 Å². The molecule has 290 valence electrons. The number of hydrogen-bond donors (Lipinski definition) is 7. The summed E-state index contributed by atoms with van der Waals surface area (Å²) in [6.07, 6.45) is 2.95. The number of nitrogens with one attached hydrogen (secondary N) is 7. The largest absolute Gasteiger partial charge is 0.352 e. The molecule has 2 aliphatic rings. The molecule has 6 amide bonds. The highest BCUT2D eigenvalue weighted by molar-refractivity contribution is 6.15. The lowest BCUT2D eigenvalue weighted by atomic mass is 9.85. The first-order chi connectivity index (χ1) is 24.5. The Hall–Kier alpha value is -3.46. The Balaban J connectivity index is 1.70. The van der Waals surface area contributed by atoms with Gasteiger partial charge in [0.25, 0.3) is 0 Å². The Morgan fingerprint density at radius 2 is 1.46 bits per heavy atom. The minimum absolute atomic E-state index is 0.00810. The van der Waals surface area contributed by atoms with Crippen molar-refractivity contribution in [3.8, 4) is 0 Å². The molecule has 1 aromatic rings. The molecule has 14 nitrogen and oxygen atoms in total. The Morgan fingerprint density at radius 3 is 2.08 bits per heavy atom. The highest BCUT2D eigenvalue weighted by Crippen LogP contribution is 2.29. The maximum Gasteiger partial charge on any atom is 0.245 e. The van der Waals surface area contributed by atoms with E-state index in [0.717, 1.165) is 30.4 Å². The van der Waals surface area contributed by atoms with Gasteiger partial charge in [-0.2, -0.15) is 0 Å². The van der Waals surface area contributed by atoms with Crippen molar-refractivity contribution < 1.29 is 28.8 Å². The van der Waals surface area contributed by atoms with Crippen molar-refractivity contribution in [3.05, 3.63) is 35.4 Å². The van der Waals surface area contributed by atoms with Gasteiger partial charge in [-0.1, -0.05) is 58.9 Å². The van der Waals surface area contributed by atoms with Crippen LogP contribution in [0.4, 0.5) is 0 Å². The fourth-order valence-corrected chi connectivity index (χ4v) is 6.58. The first kappa shape index (κ1) is 42.9. The van der Waals surface area contributed by atoms with Crippen LogP contribution in [0.15, 0.2) is 24.3 Å². The maximum absolute atomic E-state index is 13.9. The van der Waals surface area contributed by atoms with Crippen molar-refractivity contribution in [2.75, 3.05) is 13.1 Å². The van der Waals surface area contributed by atoms with Gasteiger partial charge in [0.2, 0.25) is 35.4 Å². The number of carbonyl (C=O) groups is 6. The second-order valence-electron chi connectivity index (χ2n) is 15.3. The van der Waals surface area contributed by atoms with Crippen molar-refractivity contribution in [2.45, 2.75) is 129 Å². The van der Waals surface area contributed by atoms with Crippen LogP contribution in [0.1, 0.15) is 97.7 Å². The fourth-order valence-electron chi connectivity index (χ4n) is 6.38. The maximum atomic E-state index is 13.9.